The second kappa shape index (κ2) is 8.63. The third kappa shape index (κ3) is 4.24. The molecule has 2 N–H and O–H groups in total. The summed E-state index contributed by atoms with van der Waals surface area (Å²) in [4.78, 5) is 39.5. The number of carbonyl (C=O) groups is 1. The van der Waals surface area contributed by atoms with Crippen molar-refractivity contribution in [2.75, 3.05) is 25.0 Å². The van der Waals surface area contributed by atoms with Crippen molar-refractivity contribution in [3.8, 4) is 0 Å². The number of anilines is 1. The summed E-state index contributed by atoms with van der Waals surface area (Å²) in [7, 11) is 1.57. The van der Waals surface area contributed by atoms with Gasteiger partial charge >= 0.3 is 6.18 Å². The predicted octanol–water partition coefficient (Wildman–Crippen LogP) is 2.86. The number of alkyl halides is 3. The van der Waals surface area contributed by atoms with Crippen LogP contribution >= 0.6 is 0 Å². The number of aromatic nitrogens is 3. The van der Waals surface area contributed by atoms with Gasteiger partial charge in [0.25, 0.3) is 11.5 Å². The fourth-order valence-electron chi connectivity index (χ4n) is 5.40. The molecule has 3 aromatic heterocycles. The van der Waals surface area contributed by atoms with Gasteiger partial charge in [0.1, 0.15) is 11.3 Å². The molecular formula is C24H25F3N6O2. The maximum absolute atomic E-state index is 13.3. The monoisotopic (exact) mass is 486 g/mol. The Labute approximate surface area is 199 Å². The summed E-state index contributed by atoms with van der Waals surface area (Å²) in [5.41, 5.74) is 0.148. The molecule has 3 aromatic rings. The molecule has 2 aliphatic heterocycles. The SMILES string of the molecule is CNC(=O)c1ccc(N2C3CCC2CN(Cc2cnc4c(C)c(C(F)(F)F)c(=O)[nH]c4c2)C3)cn1. The van der Waals surface area contributed by atoms with Crippen LogP contribution in [0.25, 0.3) is 11.0 Å². The van der Waals surface area contributed by atoms with Crippen molar-refractivity contribution in [2.45, 2.75) is 44.6 Å². The number of rotatable bonds is 4. The van der Waals surface area contributed by atoms with E-state index in [0.717, 1.165) is 37.2 Å². The molecule has 2 aliphatic rings. The minimum absolute atomic E-state index is 0.151. The number of hydrogen-bond donors (Lipinski definition) is 2. The lowest BCUT2D eigenvalue weighted by Gasteiger charge is -2.42. The van der Waals surface area contributed by atoms with E-state index in [4.69, 9.17) is 0 Å². The molecule has 1 amide bonds. The van der Waals surface area contributed by atoms with Gasteiger partial charge in [-0.15, -0.1) is 0 Å². The Balaban J connectivity index is 1.33. The number of pyridine rings is 3. The van der Waals surface area contributed by atoms with Crippen LogP contribution in [0, 0.1) is 6.92 Å². The number of hydrogen-bond acceptors (Lipinski definition) is 6. The fraction of sp³-hybridized carbons (Fsp3) is 0.417. The molecule has 2 bridgehead atoms. The predicted molar refractivity (Wildman–Crippen MR) is 124 cm³/mol. The molecule has 5 rings (SSSR count). The molecule has 8 nitrogen and oxygen atoms in total. The van der Waals surface area contributed by atoms with Crippen molar-refractivity contribution in [3.63, 3.8) is 0 Å². The first-order chi connectivity index (χ1) is 16.7. The normalized spacial score (nSPS) is 20.4. The van der Waals surface area contributed by atoms with Gasteiger partial charge in [0, 0.05) is 45.0 Å². The van der Waals surface area contributed by atoms with Gasteiger partial charge in [-0.25, -0.2) is 4.98 Å². The molecule has 2 unspecified atom stereocenters. The molecule has 0 spiro atoms. The van der Waals surface area contributed by atoms with Crippen molar-refractivity contribution >= 4 is 22.6 Å². The van der Waals surface area contributed by atoms with Crippen molar-refractivity contribution in [2.24, 2.45) is 0 Å². The minimum atomic E-state index is -4.73. The van der Waals surface area contributed by atoms with E-state index in [1.165, 1.54) is 6.92 Å². The van der Waals surface area contributed by atoms with E-state index in [1.807, 2.05) is 6.07 Å². The first-order valence-corrected chi connectivity index (χ1v) is 11.4. The highest BCUT2D eigenvalue weighted by molar-refractivity contribution is 5.92. The van der Waals surface area contributed by atoms with Gasteiger partial charge in [0.2, 0.25) is 0 Å². The van der Waals surface area contributed by atoms with Crippen LogP contribution < -0.4 is 15.8 Å². The number of likely N-dealkylation sites (tertiary alicyclic amines) is 1. The average molecular weight is 486 g/mol. The molecule has 5 heterocycles. The molecule has 35 heavy (non-hydrogen) atoms. The van der Waals surface area contributed by atoms with E-state index >= 15 is 0 Å². The van der Waals surface area contributed by atoms with Gasteiger partial charge in [0.15, 0.2) is 0 Å². The second-order valence-corrected chi connectivity index (χ2v) is 9.16. The van der Waals surface area contributed by atoms with Crippen LogP contribution in [0.1, 0.15) is 40.0 Å². The van der Waals surface area contributed by atoms with Crippen LogP contribution in [0.3, 0.4) is 0 Å². The topological polar surface area (TPSA) is 94.2 Å². The maximum Gasteiger partial charge on any atom is 0.422 e. The Morgan fingerprint density at radius 2 is 1.89 bits per heavy atom. The highest BCUT2D eigenvalue weighted by Gasteiger charge is 2.40. The molecule has 11 heteroatoms. The third-order valence-electron chi connectivity index (χ3n) is 6.90. The summed E-state index contributed by atoms with van der Waals surface area (Å²) in [5, 5.41) is 2.57. The van der Waals surface area contributed by atoms with Crippen molar-refractivity contribution < 1.29 is 18.0 Å². The number of aromatic amines is 1. The van der Waals surface area contributed by atoms with E-state index in [2.05, 4.69) is 30.1 Å². The molecule has 2 atom stereocenters. The first-order valence-electron chi connectivity index (χ1n) is 11.4. The number of amides is 1. The van der Waals surface area contributed by atoms with Gasteiger partial charge < -0.3 is 15.2 Å². The Kier molecular flexibility index (Phi) is 5.74. The molecule has 2 fully saturated rings. The van der Waals surface area contributed by atoms with Crippen LogP contribution in [-0.2, 0) is 12.7 Å². The standard InChI is InChI=1S/C24H25F3N6O2/c1-13-20(24(25,26)27)23(35)31-19-7-14(8-30-21(13)19)10-32-11-16-3-4-17(12-32)33(16)15-5-6-18(29-9-15)22(34)28-2/h5-9,16-17H,3-4,10-12H2,1-2H3,(H,28,34)(H,31,35). The Hall–Kier alpha value is -3.47. The number of nitrogens with one attached hydrogen (secondary N) is 2. The second-order valence-electron chi connectivity index (χ2n) is 9.16. The van der Waals surface area contributed by atoms with E-state index in [-0.39, 0.29) is 17.0 Å². The summed E-state index contributed by atoms with van der Waals surface area (Å²) < 4.78 is 39.8. The fourth-order valence-corrected chi connectivity index (χ4v) is 5.40. The smallest absolute Gasteiger partial charge is 0.362 e. The number of nitrogens with zero attached hydrogens (tertiary/aromatic N) is 4. The van der Waals surface area contributed by atoms with E-state index in [1.54, 1.807) is 31.6 Å². The van der Waals surface area contributed by atoms with E-state index < -0.39 is 17.3 Å². The number of H-pyrrole nitrogens is 1. The summed E-state index contributed by atoms with van der Waals surface area (Å²) in [5.74, 6) is -0.223. The molecule has 0 saturated carbocycles. The first kappa shape index (κ1) is 23.3. The van der Waals surface area contributed by atoms with Crippen LogP contribution in [0.15, 0.2) is 35.4 Å². The van der Waals surface area contributed by atoms with Gasteiger partial charge in [0.05, 0.1) is 22.9 Å². The molecular weight excluding hydrogens is 461 g/mol. The minimum Gasteiger partial charge on any atom is -0.362 e. The Morgan fingerprint density at radius 3 is 2.49 bits per heavy atom. The van der Waals surface area contributed by atoms with Crippen LogP contribution in [0.5, 0.6) is 0 Å². The number of piperazine rings is 1. The molecule has 0 radical (unpaired) electrons. The molecule has 2 saturated heterocycles. The average Bonchev–Trinajstić information content (AvgIpc) is 3.07. The Bertz CT molecular complexity index is 1320. The van der Waals surface area contributed by atoms with Gasteiger partial charge in [-0.1, -0.05) is 0 Å². The zero-order valence-electron chi connectivity index (χ0n) is 19.3. The van der Waals surface area contributed by atoms with Crippen LogP contribution in [0.2, 0.25) is 0 Å². The van der Waals surface area contributed by atoms with Crippen molar-refractivity contribution in [3.05, 3.63) is 63.3 Å². The third-order valence-corrected chi connectivity index (χ3v) is 6.90. The van der Waals surface area contributed by atoms with Gasteiger partial charge in [-0.2, -0.15) is 13.2 Å². The number of fused-ring (bicyclic) bond motifs is 3. The van der Waals surface area contributed by atoms with Crippen LogP contribution in [-0.4, -0.2) is 58.0 Å². The summed E-state index contributed by atoms with van der Waals surface area (Å²) in [6.45, 7) is 3.49. The van der Waals surface area contributed by atoms with Crippen molar-refractivity contribution in [1.29, 1.82) is 0 Å². The number of carbonyl (C=O) groups excluding carboxylic acids is 1. The molecule has 184 valence electrons. The molecule has 0 aliphatic carbocycles. The summed E-state index contributed by atoms with van der Waals surface area (Å²) in [6, 6.07) is 5.97. The quantitative estimate of drug-likeness (QED) is 0.589. The zero-order chi connectivity index (χ0) is 24.9. The van der Waals surface area contributed by atoms with Gasteiger partial charge in [-0.05, 0) is 49.1 Å². The lowest BCUT2D eigenvalue weighted by Crippen LogP contribution is -2.53. The van der Waals surface area contributed by atoms with E-state index in [0.29, 0.717) is 29.8 Å². The van der Waals surface area contributed by atoms with Gasteiger partial charge in [-0.3, -0.25) is 19.5 Å². The van der Waals surface area contributed by atoms with E-state index in [9.17, 15) is 22.8 Å². The molecule has 0 aromatic carbocycles. The highest BCUT2D eigenvalue weighted by Crippen LogP contribution is 2.35. The van der Waals surface area contributed by atoms with Crippen LogP contribution in [0.4, 0.5) is 18.9 Å². The summed E-state index contributed by atoms with van der Waals surface area (Å²) in [6.07, 6.45) is 0.682. The zero-order valence-corrected chi connectivity index (χ0v) is 19.3. The number of halogens is 3. The lowest BCUT2D eigenvalue weighted by molar-refractivity contribution is -0.139. The largest absolute Gasteiger partial charge is 0.422 e. The number of aryl methyl sites for hydroxylation is 1. The highest BCUT2D eigenvalue weighted by atomic mass is 19.4. The Morgan fingerprint density at radius 1 is 1.17 bits per heavy atom. The van der Waals surface area contributed by atoms with Crippen molar-refractivity contribution in [1.82, 2.24) is 25.2 Å². The maximum atomic E-state index is 13.3. The lowest BCUT2D eigenvalue weighted by atomic mass is 10.1. The summed E-state index contributed by atoms with van der Waals surface area (Å²) >= 11 is 0.